The third-order valence-corrected chi connectivity index (χ3v) is 6.32. The molecule has 3 aromatic carbocycles. The second-order valence-corrected chi connectivity index (χ2v) is 8.71. The van der Waals surface area contributed by atoms with Crippen LogP contribution in [0.4, 0.5) is 4.39 Å². The summed E-state index contributed by atoms with van der Waals surface area (Å²) in [5.74, 6) is 1.77. The number of fused-ring (bicyclic) bond motifs is 2. The van der Waals surface area contributed by atoms with E-state index in [2.05, 4.69) is 25.2 Å². The van der Waals surface area contributed by atoms with Crippen molar-refractivity contribution in [2.45, 2.75) is 39.8 Å². The van der Waals surface area contributed by atoms with Gasteiger partial charge in [0, 0.05) is 13.0 Å². The van der Waals surface area contributed by atoms with Crippen molar-refractivity contribution in [1.29, 1.82) is 0 Å². The van der Waals surface area contributed by atoms with Gasteiger partial charge in [-0.3, -0.25) is 4.79 Å². The number of benzene rings is 3. The number of rotatable bonds is 6. The van der Waals surface area contributed by atoms with Crippen molar-refractivity contribution in [3.8, 4) is 11.5 Å². The molecule has 1 aromatic heterocycles. The van der Waals surface area contributed by atoms with E-state index in [1.807, 2.05) is 35.8 Å². The summed E-state index contributed by atoms with van der Waals surface area (Å²) in [5, 5.41) is 3.03. The fourth-order valence-corrected chi connectivity index (χ4v) is 4.25. The molecule has 0 unspecified atom stereocenters. The zero-order chi connectivity index (χ0) is 23.8. The average molecular weight is 460 g/mol. The monoisotopic (exact) mass is 459 g/mol. The molecule has 7 heteroatoms. The molecular formula is C27H26FN3O3. The Morgan fingerprint density at radius 3 is 2.53 bits per heavy atom. The number of nitrogens with zero attached hydrogens (tertiary/aromatic N) is 2. The van der Waals surface area contributed by atoms with E-state index < -0.39 is 6.04 Å². The lowest BCUT2D eigenvalue weighted by atomic mass is 10.1. The minimum absolute atomic E-state index is 0.115. The molecule has 1 amide bonds. The van der Waals surface area contributed by atoms with Crippen molar-refractivity contribution >= 4 is 16.9 Å². The van der Waals surface area contributed by atoms with E-state index in [1.165, 1.54) is 12.1 Å². The summed E-state index contributed by atoms with van der Waals surface area (Å²) in [6.45, 7) is 6.56. The largest absolute Gasteiger partial charge is 0.454 e. The van der Waals surface area contributed by atoms with Gasteiger partial charge < -0.3 is 19.4 Å². The summed E-state index contributed by atoms with van der Waals surface area (Å²) in [6.07, 6.45) is 0.493. The minimum Gasteiger partial charge on any atom is -0.454 e. The molecular weight excluding hydrogens is 433 g/mol. The maximum Gasteiger partial charge on any atom is 0.243 e. The average Bonchev–Trinajstić information content (AvgIpc) is 3.42. The van der Waals surface area contributed by atoms with Gasteiger partial charge in [0.25, 0.3) is 0 Å². The minimum atomic E-state index is -0.489. The highest BCUT2D eigenvalue weighted by molar-refractivity contribution is 5.85. The first-order valence-electron chi connectivity index (χ1n) is 11.3. The smallest absolute Gasteiger partial charge is 0.243 e. The van der Waals surface area contributed by atoms with Gasteiger partial charge in [0.2, 0.25) is 12.7 Å². The summed E-state index contributed by atoms with van der Waals surface area (Å²) in [6, 6.07) is 15.7. The number of aromatic nitrogens is 2. The normalized spacial score (nSPS) is 13.3. The van der Waals surface area contributed by atoms with E-state index in [1.54, 1.807) is 12.1 Å². The Morgan fingerprint density at radius 1 is 1.03 bits per heavy atom. The molecule has 2 heterocycles. The van der Waals surface area contributed by atoms with E-state index in [9.17, 15) is 9.18 Å². The molecule has 1 aliphatic rings. The zero-order valence-electron chi connectivity index (χ0n) is 19.4. The highest BCUT2D eigenvalue weighted by Gasteiger charge is 2.23. The Hall–Kier alpha value is -3.87. The molecule has 0 bridgehead atoms. The van der Waals surface area contributed by atoms with Crippen molar-refractivity contribution in [3.05, 3.63) is 88.5 Å². The van der Waals surface area contributed by atoms with E-state index in [4.69, 9.17) is 14.5 Å². The molecule has 34 heavy (non-hydrogen) atoms. The van der Waals surface area contributed by atoms with Gasteiger partial charge in [0.05, 0.1) is 11.0 Å². The fourth-order valence-electron chi connectivity index (χ4n) is 4.25. The molecule has 1 aliphatic heterocycles. The zero-order valence-corrected chi connectivity index (χ0v) is 19.4. The standard InChI is InChI=1S/C27H26FN3O3/c1-16-10-22-23(11-17(16)2)31(26(30-22)13-19-4-7-21(28)8-5-19)18(3)27(32)29-14-20-6-9-24-25(12-20)34-15-33-24/h4-12,18H,13-15H2,1-3H3,(H,29,32)/t18-/m1/s1. The van der Waals surface area contributed by atoms with Gasteiger partial charge in [-0.25, -0.2) is 9.37 Å². The lowest BCUT2D eigenvalue weighted by molar-refractivity contribution is -0.124. The first kappa shape index (κ1) is 21.9. The highest BCUT2D eigenvalue weighted by Crippen LogP contribution is 2.32. The maximum atomic E-state index is 13.4. The predicted molar refractivity (Wildman–Crippen MR) is 128 cm³/mol. The van der Waals surface area contributed by atoms with Crippen LogP contribution >= 0.6 is 0 Å². The second kappa shape index (κ2) is 8.82. The van der Waals surface area contributed by atoms with Gasteiger partial charge in [0.15, 0.2) is 11.5 Å². The Kier molecular flexibility index (Phi) is 5.69. The van der Waals surface area contributed by atoms with Crippen molar-refractivity contribution in [3.63, 3.8) is 0 Å². The number of amides is 1. The quantitative estimate of drug-likeness (QED) is 0.441. The number of hydrogen-bond acceptors (Lipinski definition) is 4. The van der Waals surface area contributed by atoms with Crippen LogP contribution in [0.1, 0.15) is 41.0 Å². The number of halogens is 1. The SMILES string of the molecule is Cc1cc2nc(Cc3ccc(F)cc3)n([C@H](C)C(=O)NCc3ccc4c(c3)OCO4)c2cc1C. The first-order valence-corrected chi connectivity index (χ1v) is 11.3. The van der Waals surface area contributed by atoms with Crippen LogP contribution in [0.15, 0.2) is 54.6 Å². The van der Waals surface area contributed by atoms with Gasteiger partial charge in [-0.1, -0.05) is 18.2 Å². The first-order chi connectivity index (χ1) is 16.4. The second-order valence-electron chi connectivity index (χ2n) is 8.71. The molecule has 0 radical (unpaired) electrons. The van der Waals surface area contributed by atoms with E-state index >= 15 is 0 Å². The maximum absolute atomic E-state index is 13.4. The number of carbonyl (C=O) groups excluding carboxylic acids is 1. The summed E-state index contributed by atoms with van der Waals surface area (Å²) < 4.78 is 26.2. The predicted octanol–water partition coefficient (Wildman–Crippen LogP) is 4.99. The third-order valence-electron chi connectivity index (χ3n) is 6.32. The number of nitrogens with one attached hydrogen (secondary N) is 1. The molecule has 0 saturated carbocycles. The molecule has 0 aliphatic carbocycles. The number of ether oxygens (including phenoxy) is 2. The fraction of sp³-hybridized carbons (Fsp3) is 0.259. The summed E-state index contributed by atoms with van der Waals surface area (Å²) in [7, 11) is 0. The van der Waals surface area contributed by atoms with Crippen LogP contribution in [-0.2, 0) is 17.8 Å². The lowest BCUT2D eigenvalue weighted by Crippen LogP contribution is -2.31. The molecule has 6 nitrogen and oxygen atoms in total. The number of imidazole rings is 1. The summed E-state index contributed by atoms with van der Waals surface area (Å²) in [4.78, 5) is 18.1. The molecule has 4 aromatic rings. The van der Waals surface area contributed by atoms with Crippen LogP contribution in [0, 0.1) is 19.7 Å². The van der Waals surface area contributed by atoms with Crippen LogP contribution in [-0.4, -0.2) is 22.3 Å². The van der Waals surface area contributed by atoms with Gasteiger partial charge in [-0.05, 0) is 79.4 Å². The molecule has 0 spiro atoms. The molecule has 0 fully saturated rings. The number of carbonyl (C=O) groups is 1. The van der Waals surface area contributed by atoms with Crippen molar-refractivity contribution in [2.24, 2.45) is 0 Å². The van der Waals surface area contributed by atoms with E-state index in [-0.39, 0.29) is 18.5 Å². The van der Waals surface area contributed by atoms with E-state index in [0.29, 0.717) is 24.5 Å². The Bertz CT molecular complexity index is 1380. The molecule has 1 atom stereocenters. The molecule has 174 valence electrons. The van der Waals surface area contributed by atoms with Gasteiger partial charge in [-0.2, -0.15) is 0 Å². The molecule has 0 saturated heterocycles. The van der Waals surface area contributed by atoms with Crippen LogP contribution < -0.4 is 14.8 Å². The summed E-state index contributed by atoms with van der Waals surface area (Å²) >= 11 is 0. The van der Waals surface area contributed by atoms with Gasteiger partial charge >= 0.3 is 0 Å². The molecule has 1 N–H and O–H groups in total. The van der Waals surface area contributed by atoms with Crippen molar-refractivity contribution in [2.75, 3.05) is 6.79 Å². The topological polar surface area (TPSA) is 65.4 Å². The van der Waals surface area contributed by atoms with Crippen LogP contribution in [0.5, 0.6) is 11.5 Å². The number of aryl methyl sites for hydroxylation is 2. The van der Waals surface area contributed by atoms with Crippen LogP contribution in [0.25, 0.3) is 11.0 Å². The van der Waals surface area contributed by atoms with Crippen molar-refractivity contribution in [1.82, 2.24) is 14.9 Å². The highest BCUT2D eigenvalue weighted by atomic mass is 19.1. The summed E-state index contributed by atoms with van der Waals surface area (Å²) in [5.41, 5.74) is 5.89. The van der Waals surface area contributed by atoms with Crippen molar-refractivity contribution < 1.29 is 18.7 Å². The van der Waals surface area contributed by atoms with Gasteiger partial charge in [-0.15, -0.1) is 0 Å². The van der Waals surface area contributed by atoms with Crippen LogP contribution in [0.3, 0.4) is 0 Å². The lowest BCUT2D eigenvalue weighted by Gasteiger charge is -2.18. The Balaban J connectivity index is 1.43. The Labute approximate surface area is 197 Å². The van der Waals surface area contributed by atoms with Gasteiger partial charge in [0.1, 0.15) is 17.7 Å². The van der Waals surface area contributed by atoms with Crippen LogP contribution in [0.2, 0.25) is 0 Å². The van der Waals surface area contributed by atoms with E-state index in [0.717, 1.165) is 39.1 Å². The Morgan fingerprint density at radius 2 is 1.74 bits per heavy atom. The third kappa shape index (κ3) is 4.21. The number of hydrogen-bond donors (Lipinski definition) is 1. The molecule has 5 rings (SSSR count).